The van der Waals surface area contributed by atoms with E-state index in [4.69, 9.17) is 33.3 Å². The number of nitrogens with zero attached hydrogens (tertiary/aromatic N) is 1. The molecule has 1 heterocycles. The van der Waals surface area contributed by atoms with Gasteiger partial charge in [0.1, 0.15) is 11.9 Å². The van der Waals surface area contributed by atoms with Crippen LogP contribution in [-0.2, 0) is 16.0 Å². The molecule has 1 saturated heterocycles. The molecule has 3 unspecified atom stereocenters. The molecule has 10 nitrogen and oxygen atoms in total. The molecule has 1 amide bonds. The zero-order valence-electron chi connectivity index (χ0n) is 29.1. The third kappa shape index (κ3) is 8.99. The van der Waals surface area contributed by atoms with Crippen LogP contribution in [0.3, 0.4) is 0 Å². The first kappa shape index (κ1) is 38.0. The molecule has 51 heavy (non-hydrogen) atoms. The quantitative estimate of drug-likeness (QED) is 0.0338. The number of hydroxylamine groups is 4. The molecule has 12 heteroatoms. The number of hydrogen-bond donors (Lipinski definition) is 1. The molecule has 0 aliphatic carbocycles. The number of ether oxygens (including phenoxy) is 6. The van der Waals surface area contributed by atoms with Gasteiger partial charge in [0.25, 0.3) is 0 Å². The molecular formula is C39H41BrNO9S+. The summed E-state index contributed by atoms with van der Waals surface area (Å²) in [6.07, 6.45) is 0.593. The minimum absolute atomic E-state index is 0.0149. The summed E-state index contributed by atoms with van der Waals surface area (Å²) < 4.78 is 36.2. The molecular weight excluding hydrogens is 738 g/mol. The number of thioether (sulfide) groups is 1. The molecule has 1 aliphatic heterocycles. The van der Waals surface area contributed by atoms with Crippen molar-refractivity contribution in [3.8, 4) is 40.7 Å². The van der Waals surface area contributed by atoms with E-state index in [9.17, 15) is 10.0 Å². The van der Waals surface area contributed by atoms with Crippen molar-refractivity contribution < 1.29 is 48.1 Å². The number of methoxy groups -OCH3 is 4. The largest absolute Gasteiger partial charge is 0.493 e. The fourth-order valence-electron chi connectivity index (χ4n) is 5.78. The lowest BCUT2D eigenvalue weighted by Gasteiger charge is -2.19. The van der Waals surface area contributed by atoms with Crippen LogP contribution in [0, 0.1) is 12.0 Å². The Bertz CT molecular complexity index is 1850. The van der Waals surface area contributed by atoms with Gasteiger partial charge in [-0.05, 0) is 81.9 Å². The summed E-state index contributed by atoms with van der Waals surface area (Å²) in [7, 11) is 7.56. The number of quaternary nitrogens is 1. The average Bonchev–Trinajstić information content (AvgIpc) is 3.67. The number of halogens is 1. The van der Waals surface area contributed by atoms with Crippen LogP contribution in [0.15, 0.2) is 88.2 Å². The lowest BCUT2D eigenvalue weighted by Crippen LogP contribution is -2.44. The Labute approximate surface area is 311 Å². The molecule has 1 fully saturated rings. The van der Waals surface area contributed by atoms with Crippen LogP contribution < -0.4 is 23.7 Å². The van der Waals surface area contributed by atoms with Crippen LogP contribution >= 0.6 is 27.7 Å². The summed E-state index contributed by atoms with van der Waals surface area (Å²) in [6.45, 7) is 0.854. The number of amides is 1. The van der Waals surface area contributed by atoms with Crippen molar-refractivity contribution in [3.05, 3.63) is 106 Å². The van der Waals surface area contributed by atoms with Gasteiger partial charge in [0.05, 0.1) is 53.3 Å². The lowest BCUT2D eigenvalue weighted by molar-refractivity contribution is -1.14. The molecule has 0 bridgehead atoms. The molecule has 5 rings (SSSR count). The maximum Gasteiger partial charge on any atom is 0.425 e. The Morgan fingerprint density at radius 2 is 1.53 bits per heavy atom. The van der Waals surface area contributed by atoms with Crippen molar-refractivity contribution in [1.82, 2.24) is 0 Å². The Balaban J connectivity index is 1.43. The Hall–Kier alpha value is -4.22. The van der Waals surface area contributed by atoms with Gasteiger partial charge in [0.2, 0.25) is 11.8 Å². The van der Waals surface area contributed by atoms with Crippen LogP contribution in [0.25, 0.3) is 0 Å². The fourth-order valence-corrected chi connectivity index (χ4v) is 7.17. The predicted molar refractivity (Wildman–Crippen MR) is 197 cm³/mol. The highest BCUT2D eigenvalue weighted by molar-refractivity contribution is 9.10. The maximum atomic E-state index is 13.1. The van der Waals surface area contributed by atoms with Gasteiger partial charge in [0.15, 0.2) is 23.0 Å². The van der Waals surface area contributed by atoms with Gasteiger partial charge >= 0.3 is 5.91 Å². The molecule has 4 aromatic carbocycles. The Kier molecular flexibility index (Phi) is 13.3. The summed E-state index contributed by atoms with van der Waals surface area (Å²) in [6, 6.07) is 26.8. The van der Waals surface area contributed by atoms with Crippen LogP contribution in [0.2, 0.25) is 0 Å². The second-order valence-electron chi connectivity index (χ2n) is 11.4. The van der Waals surface area contributed by atoms with E-state index in [2.05, 4.69) is 27.9 Å². The van der Waals surface area contributed by atoms with Crippen LogP contribution in [0.4, 0.5) is 0 Å². The van der Waals surface area contributed by atoms with Gasteiger partial charge < -0.3 is 28.4 Å². The molecule has 1 N–H and O–H groups in total. The molecule has 268 valence electrons. The van der Waals surface area contributed by atoms with Gasteiger partial charge in [-0.2, -0.15) is 5.21 Å². The monoisotopic (exact) mass is 778 g/mol. The van der Waals surface area contributed by atoms with Crippen molar-refractivity contribution in [2.75, 3.05) is 54.5 Å². The third-order valence-electron chi connectivity index (χ3n) is 8.40. The molecule has 1 aliphatic rings. The van der Waals surface area contributed by atoms with Gasteiger partial charge in [0, 0.05) is 33.0 Å². The predicted octanol–water partition coefficient (Wildman–Crippen LogP) is 8.01. The summed E-state index contributed by atoms with van der Waals surface area (Å²) in [5.74, 6) is 5.65. The molecule has 4 aromatic rings. The van der Waals surface area contributed by atoms with E-state index in [0.717, 1.165) is 26.1 Å². The maximum absolute atomic E-state index is 13.1. The summed E-state index contributed by atoms with van der Waals surface area (Å²) >= 11 is 5.27. The Morgan fingerprint density at radius 3 is 2.18 bits per heavy atom. The lowest BCUT2D eigenvalue weighted by atomic mass is 9.91. The van der Waals surface area contributed by atoms with Crippen LogP contribution in [0.1, 0.15) is 45.5 Å². The summed E-state index contributed by atoms with van der Waals surface area (Å²) in [5, 5.41) is 11.1. The van der Waals surface area contributed by atoms with Crippen molar-refractivity contribution >= 4 is 33.6 Å². The highest BCUT2D eigenvalue weighted by Gasteiger charge is 2.38. The molecule has 0 radical (unpaired) electrons. The molecule has 0 aromatic heterocycles. The smallest absolute Gasteiger partial charge is 0.425 e. The summed E-state index contributed by atoms with van der Waals surface area (Å²) in [5.41, 5.74) is 2.88. The minimum Gasteiger partial charge on any atom is -0.493 e. The third-order valence-corrected chi connectivity index (χ3v) is 10.4. The topological polar surface area (TPSA) is 102 Å². The van der Waals surface area contributed by atoms with Crippen molar-refractivity contribution in [1.29, 1.82) is 0 Å². The van der Waals surface area contributed by atoms with Gasteiger partial charge in [-0.1, -0.05) is 36.4 Å². The number of benzene rings is 4. The van der Waals surface area contributed by atoms with E-state index >= 15 is 0 Å². The van der Waals surface area contributed by atoms with Crippen molar-refractivity contribution in [3.63, 3.8) is 0 Å². The fraction of sp³-hybridized carbons (Fsp3) is 0.308. The van der Waals surface area contributed by atoms with Crippen molar-refractivity contribution in [2.24, 2.45) is 0 Å². The van der Waals surface area contributed by atoms with E-state index in [0.29, 0.717) is 54.1 Å². The van der Waals surface area contributed by atoms with E-state index in [-0.39, 0.29) is 24.0 Å². The van der Waals surface area contributed by atoms with Gasteiger partial charge in [-0.25, -0.2) is 4.79 Å². The normalized spacial score (nSPS) is 16.4. The number of rotatable bonds is 14. The SMILES string of the molecule is COc1cc(C2COC(c3cc(OC)c(OC)c(OC)c3)C2)cc(CC#C[N+](O)(OC)C(=O)c2ccccc2)c1OCCSc1ccccc1Br. The molecule has 0 saturated carbocycles. The minimum atomic E-state index is -1.54. The van der Waals surface area contributed by atoms with Gasteiger partial charge in [-0.3, -0.25) is 0 Å². The first-order chi connectivity index (χ1) is 24.7. The first-order valence-electron chi connectivity index (χ1n) is 16.1. The van der Waals surface area contributed by atoms with E-state index in [1.807, 2.05) is 48.5 Å². The number of carbonyl (C=O) groups is 1. The van der Waals surface area contributed by atoms with Gasteiger partial charge in [-0.15, -0.1) is 16.6 Å². The van der Waals surface area contributed by atoms with E-state index < -0.39 is 10.7 Å². The van der Waals surface area contributed by atoms with Crippen LogP contribution in [-0.4, -0.2) is 70.4 Å². The standard InChI is InChI=1S/C39H41BrNO9S/c1-44-33-21-28(30-24-32(50-25-30)29-22-34(45-2)38(47-4)35(23-29)46-3)20-27(37(33)49-18-19-51-36-16-10-9-15-31(36)40)14-11-17-41(43,48-5)39(42)26-12-7-6-8-13-26/h6-10,12-13,15-16,20-23,30,32,43H,14,18-19,24-25H2,1-5H3/q+1. The molecule has 0 spiro atoms. The highest BCUT2D eigenvalue weighted by Crippen LogP contribution is 2.46. The zero-order valence-corrected chi connectivity index (χ0v) is 31.5. The zero-order chi connectivity index (χ0) is 36.4. The van der Waals surface area contributed by atoms with Crippen molar-refractivity contribution in [2.45, 2.75) is 29.8 Å². The average molecular weight is 780 g/mol. The number of carbonyl (C=O) groups excluding carboxylic acids is 1. The second kappa shape index (κ2) is 17.8. The highest BCUT2D eigenvalue weighted by atomic mass is 79.9. The summed E-state index contributed by atoms with van der Waals surface area (Å²) in [4.78, 5) is 17.9. The number of hydrogen-bond acceptors (Lipinski definition) is 10. The first-order valence-corrected chi connectivity index (χ1v) is 17.9. The Morgan fingerprint density at radius 1 is 0.882 bits per heavy atom. The van der Waals surface area contributed by atoms with E-state index in [1.54, 1.807) is 70.5 Å². The second-order valence-corrected chi connectivity index (χ2v) is 13.4. The van der Waals surface area contributed by atoms with Crippen LogP contribution in [0.5, 0.6) is 28.7 Å². The van der Waals surface area contributed by atoms with E-state index in [1.165, 1.54) is 7.11 Å². The molecule has 3 atom stereocenters.